The van der Waals surface area contributed by atoms with E-state index >= 15 is 0 Å². The summed E-state index contributed by atoms with van der Waals surface area (Å²) in [4.78, 5) is 51.0. The summed E-state index contributed by atoms with van der Waals surface area (Å²) in [6.45, 7) is 3.17. The van der Waals surface area contributed by atoms with Gasteiger partial charge in [-0.25, -0.2) is 0 Å². The van der Waals surface area contributed by atoms with Gasteiger partial charge in [0.15, 0.2) is 0 Å². The number of carbonyl (C=O) groups is 4. The molecule has 0 saturated heterocycles. The smallest absolute Gasteiger partial charge is 0.314 e. The van der Waals surface area contributed by atoms with Gasteiger partial charge in [-0.1, -0.05) is 24.3 Å². The van der Waals surface area contributed by atoms with E-state index in [1.807, 2.05) is 0 Å². The molecular formula is C38H30N4O12S2. The highest BCUT2D eigenvalue weighted by Crippen LogP contribution is 2.35. The highest BCUT2D eigenvalue weighted by Gasteiger charge is 2.21. The number of hydrogen-bond donors (Lipinski definition) is 8. The molecule has 0 aliphatic rings. The van der Waals surface area contributed by atoms with E-state index in [0.29, 0.717) is 11.1 Å². The van der Waals surface area contributed by atoms with E-state index in [9.17, 15) is 55.3 Å². The van der Waals surface area contributed by atoms with E-state index < -0.39 is 65.2 Å². The number of aryl methyl sites for hydroxylation is 2. The lowest BCUT2D eigenvalue weighted by atomic mass is 10.1. The largest absolute Gasteiger partial charge is 0.508 e. The monoisotopic (exact) mass is 798 g/mol. The maximum Gasteiger partial charge on any atom is 0.314 e. The predicted octanol–water partition coefficient (Wildman–Crippen LogP) is 5.60. The fourth-order valence-corrected chi connectivity index (χ4v) is 7.41. The van der Waals surface area contributed by atoms with E-state index in [1.54, 1.807) is 13.8 Å². The van der Waals surface area contributed by atoms with Crippen LogP contribution >= 0.6 is 0 Å². The molecule has 0 bridgehead atoms. The normalized spacial score (nSPS) is 11.6. The minimum atomic E-state index is -4.70. The number of amides is 4. The van der Waals surface area contributed by atoms with Crippen molar-refractivity contribution in [2.24, 2.45) is 0 Å². The molecule has 0 radical (unpaired) electrons. The van der Waals surface area contributed by atoms with Crippen LogP contribution in [0.2, 0.25) is 0 Å². The average molecular weight is 799 g/mol. The molecule has 4 amide bonds. The molecule has 56 heavy (non-hydrogen) atoms. The molecule has 6 rings (SSSR count). The molecule has 0 heterocycles. The second-order valence-electron chi connectivity index (χ2n) is 12.5. The van der Waals surface area contributed by atoms with E-state index in [0.717, 1.165) is 12.1 Å². The number of benzene rings is 6. The van der Waals surface area contributed by atoms with Crippen molar-refractivity contribution in [3.05, 3.63) is 119 Å². The number of nitrogens with one attached hydrogen (secondary N) is 4. The topological polar surface area (TPSA) is 266 Å². The van der Waals surface area contributed by atoms with Gasteiger partial charge in [0.05, 0.1) is 0 Å². The molecule has 0 fully saturated rings. The van der Waals surface area contributed by atoms with Crippen LogP contribution in [0.15, 0.2) is 107 Å². The summed E-state index contributed by atoms with van der Waals surface area (Å²) in [6.07, 6.45) is 0. The Hall–Kier alpha value is -6.86. The molecule has 0 aromatic heterocycles. The third kappa shape index (κ3) is 8.12. The highest BCUT2D eigenvalue weighted by atomic mass is 32.2. The van der Waals surface area contributed by atoms with Crippen molar-refractivity contribution >= 4 is 88.2 Å². The van der Waals surface area contributed by atoms with Crippen LogP contribution < -0.4 is 21.3 Å². The van der Waals surface area contributed by atoms with Crippen molar-refractivity contribution < 1.29 is 55.3 Å². The third-order valence-electron chi connectivity index (χ3n) is 8.62. The maximum absolute atomic E-state index is 13.2. The number of aromatic hydroxyl groups is 2. The Kier molecular flexibility index (Phi) is 10.2. The first-order valence-electron chi connectivity index (χ1n) is 16.2. The Labute approximate surface area is 318 Å². The van der Waals surface area contributed by atoms with Crippen LogP contribution in [0.3, 0.4) is 0 Å². The summed E-state index contributed by atoms with van der Waals surface area (Å²) in [6, 6.07) is 21.4. The molecule has 0 spiro atoms. The zero-order valence-electron chi connectivity index (χ0n) is 29.1. The summed E-state index contributed by atoms with van der Waals surface area (Å²) < 4.78 is 66.7. The van der Waals surface area contributed by atoms with Gasteiger partial charge in [-0.05, 0) is 85.6 Å². The number of anilines is 4. The molecule has 0 aliphatic heterocycles. The van der Waals surface area contributed by atoms with Crippen molar-refractivity contribution in [1.29, 1.82) is 0 Å². The van der Waals surface area contributed by atoms with Gasteiger partial charge in [0, 0.05) is 67.6 Å². The first kappa shape index (κ1) is 38.9. The molecule has 16 nitrogen and oxygen atoms in total. The maximum atomic E-state index is 13.2. The summed E-state index contributed by atoms with van der Waals surface area (Å²) in [5, 5.41) is 30.8. The van der Waals surface area contributed by atoms with Crippen LogP contribution in [0.5, 0.6) is 11.5 Å². The fourth-order valence-electron chi connectivity index (χ4n) is 5.96. The summed E-state index contributed by atoms with van der Waals surface area (Å²) >= 11 is 0. The summed E-state index contributed by atoms with van der Waals surface area (Å²) in [5.41, 5.74) is 1.80. The lowest BCUT2D eigenvalue weighted by Crippen LogP contribution is -2.29. The van der Waals surface area contributed by atoms with E-state index in [1.165, 1.54) is 84.9 Å². The molecule has 6 aromatic rings. The number of rotatable bonds is 8. The van der Waals surface area contributed by atoms with Gasteiger partial charge < -0.3 is 31.5 Å². The third-order valence-corrected chi connectivity index (χ3v) is 10.4. The van der Waals surface area contributed by atoms with Gasteiger partial charge in [0.25, 0.3) is 32.1 Å². The number of phenols is 2. The van der Waals surface area contributed by atoms with Gasteiger partial charge in [-0.3, -0.25) is 28.3 Å². The minimum absolute atomic E-state index is 0.0628. The molecule has 0 unspecified atom stereocenters. The fraction of sp³-hybridized carbons (Fsp3) is 0.0526. The molecule has 6 aromatic carbocycles. The number of phenolic OH excluding ortho intramolecular Hbond substituents is 2. The first-order valence-corrected chi connectivity index (χ1v) is 19.1. The SMILES string of the molecule is Cc1cc(C(=O)Nc2cccc3c(S(=O)(=O)O)cc(O)cc23)ccc1NC(=O)C(=O)Nc1ccc(C(=O)Nc2cccc3c(S(=O)(=O)O)cc(O)cc23)cc1C. The number of carbonyl (C=O) groups excluding carboxylic acids is 4. The van der Waals surface area contributed by atoms with Gasteiger partial charge in [0.1, 0.15) is 21.3 Å². The molecular weight excluding hydrogens is 769 g/mol. The second-order valence-corrected chi connectivity index (χ2v) is 15.3. The Morgan fingerprint density at radius 3 is 1.18 bits per heavy atom. The van der Waals surface area contributed by atoms with Gasteiger partial charge in [-0.2, -0.15) is 16.8 Å². The van der Waals surface area contributed by atoms with Crippen LogP contribution in [0.1, 0.15) is 31.8 Å². The van der Waals surface area contributed by atoms with Crippen molar-refractivity contribution in [2.75, 3.05) is 21.3 Å². The Balaban J connectivity index is 1.11. The van der Waals surface area contributed by atoms with Crippen LogP contribution in [-0.2, 0) is 29.8 Å². The standard InChI is InChI=1S/C38H30N4O12S2/c1-19-13-21(35(45)41-31-7-3-5-25-27(31)15-23(43)17-33(25)55(49,50)51)9-11-29(19)39-37(47)38(48)40-30-12-10-22(14-20(30)2)36(46)42-32-8-4-6-26-28(32)16-24(44)18-34(26)56(52,53)54/h3-18,43-44H,1-2H3,(H,39,47)(H,40,48)(H,41,45)(H,42,46)(H,49,50,51)(H,52,53,54). The Bertz CT molecular complexity index is 2700. The first-order chi connectivity index (χ1) is 26.3. The summed E-state index contributed by atoms with van der Waals surface area (Å²) in [5.74, 6) is -4.23. The lowest BCUT2D eigenvalue weighted by molar-refractivity contribution is -0.133. The van der Waals surface area contributed by atoms with Gasteiger partial charge >= 0.3 is 11.8 Å². The lowest BCUT2D eigenvalue weighted by Gasteiger charge is -2.14. The zero-order valence-corrected chi connectivity index (χ0v) is 30.7. The Morgan fingerprint density at radius 2 is 0.839 bits per heavy atom. The molecule has 286 valence electrons. The van der Waals surface area contributed by atoms with Gasteiger partial charge in [-0.15, -0.1) is 0 Å². The summed E-state index contributed by atoms with van der Waals surface area (Å²) in [7, 11) is -9.39. The van der Waals surface area contributed by atoms with Crippen molar-refractivity contribution in [2.45, 2.75) is 23.6 Å². The van der Waals surface area contributed by atoms with E-state index in [4.69, 9.17) is 0 Å². The number of fused-ring (bicyclic) bond motifs is 2. The molecule has 8 N–H and O–H groups in total. The highest BCUT2D eigenvalue weighted by molar-refractivity contribution is 7.86. The zero-order chi connectivity index (χ0) is 40.7. The predicted molar refractivity (Wildman–Crippen MR) is 206 cm³/mol. The quantitative estimate of drug-likeness (QED) is 0.0691. The van der Waals surface area contributed by atoms with Crippen molar-refractivity contribution in [3.63, 3.8) is 0 Å². The number of hydrogen-bond acceptors (Lipinski definition) is 10. The van der Waals surface area contributed by atoms with Crippen LogP contribution in [0.4, 0.5) is 22.7 Å². The van der Waals surface area contributed by atoms with Crippen molar-refractivity contribution in [3.8, 4) is 11.5 Å². The Morgan fingerprint density at radius 1 is 0.464 bits per heavy atom. The minimum Gasteiger partial charge on any atom is -0.508 e. The van der Waals surface area contributed by atoms with Crippen LogP contribution in [0.25, 0.3) is 21.5 Å². The van der Waals surface area contributed by atoms with E-state index in [-0.39, 0.29) is 55.4 Å². The molecule has 0 aliphatic carbocycles. The molecule has 18 heteroatoms. The van der Waals surface area contributed by atoms with Crippen LogP contribution in [-0.4, -0.2) is 59.8 Å². The van der Waals surface area contributed by atoms with Gasteiger partial charge in [0.2, 0.25) is 0 Å². The second kappa shape index (κ2) is 14.8. The van der Waals surface area contributed by atoms with Crippen molar-refractivity contribution in [1.82, 2.24) is 0 Å². The van der Waals surface area contributed by atoms with Crippen LogP contribution in [0, 0.1) is 13.8 Å². The average Bonchev–Trinajstić information content (AvgIpc) is 3.12. The van der Waals surface area contributed by atoms with E-state index in [2.05, 4.69) is 21.3 Å². The molecule has 0 atom stereocenters. The molecule has 0 saturated carbocycles.